The summed E-state index contributed by atoms with van der Waals surface area (Å²) in [7, 11) is 3.46. The third-order valence-electron chi connectivity index (χ3n) is 2.32. The topological polar surface area (TPSA) is 50.2 Å². The predicted molar refractivity (Wildman–Crippen MR) is 73.5 cm³/mol. The monoisotopic (exact) mass is 265 g/mol. The summed E-state index contributed by atoms with van der Waals surface area (Å²) in [5.41, 5.74) is 1.99. The lowest BCUT2D eigenvalue weighted by molar-refractivity contribution is 0.0691. The van der Waals surface area contributed by atoms with Crippen molar-refractivity contribution in [3.8, 4) is 0 Å². The molecule has 0 aliphatic heterocycles. The van der Waals surface area contributed by atoms with Crippen molar-refractivity contribution >= 4 is 38.5 Å². The minimum Gasteiger partial charge on any atom is -0.477 e. The van der Waals surface area contributed by atoms with Crippen molar-refractivity contribution in [1.82, 2.24) is 4.98 Å². The first kappa shape index (κ1) is 12.3. The predicted octanol–water partition coefficient (Wildman–Crippen LogP) is 3.44. The van der Waals surface area contributed by atoms with E-state index < -0.39 is 5.97 Å². The van der Waals surface area contributed by atoms with Crippen LogP contribution in [0.1, 0.15) is 16.1 Å². The van der Waals surface area contributed by atoms with E-state index in [2.05, 4.69) is 4.98 Å². The average Bonchev–Trinajstić information content (AvgIpc) is 2.35. The van der Waals surface area contributed by atoms with Crippen LogP contribution in [-0.2, 0) is 5.75 Å². The van der Waals surface area contributed by atoms with Gasteiger partial charge in [0.2, 0.25) is 0 Å². The summed E-state index contributed by atoms with van der Waals surface area (Å²) in [4.78, 5) is 15.0. The minimum atomic E-state index is -0.990. The van der Waals surface area contributed by atoms with Crippen LogP contribution in [0, 0.1) is 0 Å². The lowest BCUT2D eigenvalue weighted by atomic mass is 10.1. The molecule has 2 aromatic rings. The highest BCUT2D eigenvalue weighted by atomic mass is 33.1. The second-order valence-corrected chi connectivity index (χ2v) is 6.02. The minimum absolute atomic E-state index is 0.0900. The van der Waals surface area contributed by atoms with Crippen molar-refractivity contribution in [2.24, 2.45) is 0 Å². The molecule has 0 atom stereocenters. The first-order valence-electron chi connectivity index (χ1n) is 4.99. The van der Waals surface area contributed by atoms with Gasteiger partial charge in [0.05, 0.1) is 5.52 Å². The molecule has 0 saturated carbocycles. The molecule has 1 aromatic carbocycles. The number of fused-ring (bicyclic) bond motifs is 1. The molecule has 0 bridgehead atoms. The lowest BCUT2D eigenvalue weighted by Crippen LogP contribution is -1.99. The number of hydrogen-bond acceptors (Lipinski definition) is 4. The fraction of sp³-hybridized carbons (Fsp3) is 0.167. The van der Waals surface area contributed by atoms with Gasteiger partial charge in [0.1, 0.15) is 5.69 Å². The molecule has 17 heavy (non-hydrogen) atoms. The van der Waals surface area contributed by atoms with Gasteiger partial charge < -0.3 is 5.11 Å². The second kappa shape index (κ2) is 5.42. The van der Waals surface area contributed by atoms with Crippen molar-refractivity contribution in [3.05, 3.63) is 41.6 Å². The summed E-state index contributed by atoms with van der Waals surface area (Å²) in [6.07, 6.45) is 2.03. The number of benzene rings is 1. The van der Waals surface area contributed by atoms with Crippen LogP contribution in [-0.4, -0.2) is 22.3 Å². The van der Waals surface area contributed by atoms with Crippen LogP contribution >= 0.6 is 21.6 Å². The molecule has 1 aromatic heterocycles. The van der Waals surface area contributed by atoms with E-state index in [1.807, 2.05) is 24.5 Å². The summed E-state index contributed by atoms with van der Waals surface area (Å²) in [5.74, 6) is -0.0911. The van der Waals surface area contributed by atoms with Crippen molar-refractivity contribution < 1.29 is 9.90 Å². The van der Waals surface area contributed by atoms with Gasteiger partial charge in [0, 0.05) is 11.1 Å². The zero-order valence-electron chi connectivity index (χ0n) is 9.21. The van der Waals surface area contributed by atoms with E-state index in [1.54, 1.807) is 27.7 Å². The highest BCUT2D eigenvalue weighted by molar-refractivity contribution is 8.76. The largest absolute Gasteiger partial charge is 0.477 e. The fourth-order valence-electron chi connectivity index (χ4n) is 1.50. The van der Waals surface area contributed by atoms with E-state index in [0.29, 0.717) is 0 Å². The molecule has 2 rings (SSSR count). The Bertz CT molecular complexity index is 557. The van der Waals surface area contributed by atoms with Crippen LogP contribution in [0.5, 0.6) is 0 Å². The number of pyridine rings is 1. The number of carboxylic acids is 1. The number of aromatic nitrogens is 1. The van der Waals surface area contributed by atoms with Gasteiger partial charge in [-0.25, -0.2) is 9.78 Å². The maximum Gasteiger partial charge on any atom is 0.354 e. The van der Waals surface area contributed by atoms with E-state index in [-0.39, 0.29) is 5.69 Å². The number of hydrogen-bond donors (Lipinski definition) is 1. The van der Waals surface area contributed by atoms with Crippen molar-refractivity contribution in [2.45, 2.75) is 5.75 Å². The summed E-state index contributed by atoms with van der Waals surface area (Å²) in [6.45, 7) is 0. The molecule has 1 N–H and O–H groups in total. The van der Waals surface area contributed by atoms with Gasteiger partial charge in [0.25, 0.3) is 0 Å². The van der Waals surface area contributed by atoms with Crippen LogP contribution in [0.3, 0.4) is 0 Å². The highest BCUT2D eigenvalue weighted by Gasteiger charge is 2.05. The molecular weight excluding hydrogens is 254 g/mol. The van der Waals surface area contributed by atoms with E-state index in [0.717, 1.165) is 22.2 Å². The SMILES string of the molecule is CSSCc1ccc2ccc(C(=O)O)nc2c1. The first-order valence-corrected chi connectivity index (χ1v) is 7.72. The van der Waals surface area contributed by atoms with Crippen molar-refractivity contribution in [3.63, 3.8) is 0 Å². The Hall–Kier alpha value is -1.20. The third kappa shape index (κ3) is 2.92. The van der Waals surface area contributed by atoms with Crippen molar-refractivity contribution in [1.29, 1.82) is 0 Å². The Morgan fingerprint density at radius 2 is 2.12 bits per heavy atom. The number of rotatable bonds is 4. The first-order chi connectivity index (χ1) is 8.20. The molecule has 3 nitrogen and oxygen atoms in total. The number of carbonyl (C=O) groups is 1. The Balaban J connectivity index is 2.39. The standard InChI is InChI=1S/C12H11NO2S2/c1-16-17-7-8-2-3-9-4-5-10(12(14)15)13-11(9)6-8/h2-6H,7H2,1H3,(H,14,15). The second-order valence-electron chi connectivity index (χ2n) is 3.46. The van der Waals surface area contributed by atoms with E-state index >= 15 is 0 Å². The fourth-order valence-corrected chi connectivity index (χ4v) is 2.69. The molecule has 1 heterocycles. The maximum absolute atomic E-state index is 10.8. The molecule has 0 unspecified atom stereocenters. The molecule has 0 aliphatic rings. The molecule has 0 saturated heterocycles. The van der Waals surface area contributed by atoms with Gasteiger partial charge in [-0.3, -0.25) is 0 Å². The summed E-state index contributed by atoms with van der Waals surface area (Å²) in [6, 6.07) is 9.29. The molecule has 0 aliphatic carbocycles. The lowest BCUT2D eigenvalue weighted by Gasteiger charge is -2.03. The van der Waals surface area contributed by atoms with Crippen LogP contribution in [0.4, 0.5) is 0 Å². The van der Waals surface area contributed by atoms with Gasteiger partial charge in [-0.15, -0.1) is 0 Å². The smallest absolute Gasteiger partial charge is 0.354 e. The van der Waals surface area contributed by atoms with Crippen LogP contribution in [0.2, 0.25) is 0 Å². The average molecular weight is 265 g/mol. The van der Waals surface area contributed by atoms with Gasteiger partial charge in [0.15, 0.2) is 0 Å². The summed E-state index contributed by atoms with van der Waals surface area (Å²) in [5, 5.41) is 9.85. The quantitative estimate of drug-likeness (QED) is 0.858. The molecule has 0 amide bonds. The van der Waals surface area contributed by atoms with E-state index in [9.17, 15) is 4.79 Å². The van der Waals surface area contributed by atoms with Crippen molar-refractivity contribution in [2.75, 3.05) is 6.26 Å². The van der Waals surface area contributed by atoms with E-state index in [1.165, 1.54) is 6.07 Å². The van der Waals surface area contributed by atoms with Gasteiger partial charge in [-0.05, 0) is 24.0 Å². The van der Waals surface area contributed by atoms with Gasteiger partial charge in [-0.1, -0.05) is 39.8 Å². The molecule has 5 heteroatoms. The Morgan fingerprint density at radius 3 is 2.82 bits per heavy atom. The van der Waals surface area contributed by atoms with Gasteiger partial charge in [-0.2, -0.15) is 0 Å². The Kier molecular flexibility index (Phi) is 3.91. The Labute approximate surface area is 107 Å². The number of aromatic carboxylic acids is 1. The van der Waals surface area contributed by atoms with Gasteiger partial charge >= 0.3 is 5.97 Å². The van der Waals surface area contributed by atoms with Crippen LogP contribution < -0.4 is 0 Å². The summed E-state index contributed by atoms with van der Waals surface area (Å²) < 4.78 is 0. The zero-order valence-corrected chi connectivity index (χ0v) is 10.8. The van der Waals surface area contributed by atoms with Crippen LogP contribution in [0.25, 0.3) is 10.9 Å². The number of carboxylic acid groups (broad SMARTS) is 1. The number of nitrogens with zero attached hydrogens (tertiary/aromatic N) is 1. The normalized spacial score (nSPS) is 10.6. The summed E-state index contributed by atoms with van der Waals surface area (Å²) >= 11 is 0. The van der Waals surface area contributed by atoms with E-state index in [4.69, 9.17) is 5.11 Å². The zero-order chi connectivity index (χ0) is 12.3. The Morgan fingerprint density at radius 1 is 1.35 bits per heavy atom. The molecule has 88 valence electrons. The maximum atomic E-state index is 10.8. The molecular formula is C12H11NO2S2. The molecule has 0 spiro atoms. The molecule has 0 radical (unpaired) electrons. The highest BCUT2D eigenvalue weighted by Crippen LogP contribution is 2.24. The third-order valence-corrected chi connectivity index (χ3v) is 4.07. The molecule has 0 fully saturated rings. The van der Waals surface area contributed by atoms with Crippen LogP contribution in [0.15, 0.2) is 30.3 Å².